The van der Waals surface area contributed by atoms with Crippen LogP contribution in [0.3, 0.4) is 0 Å². The summed E-state index contributed by atoms with van der Waals surface area (Å²) in [5, 5.41) is 1.31. The first-order valence-corrected chi connectivity index (χ1v) is 9.94. The highest BCUT2D eigenvalue weighted by molar-refractivity contribution is 5.93. The molecule has 0 radical (unpaired) electrons. The number of hydrogen-bond donors (Lipinski definition) is 0. The van der Waals surface area contributed by atoms with Crippen molar-refractivity contribution in [3.63, 3.8) is 0 Å². The molecule has 0 atom stereocenters. The molecule has 0 unspecified atom stereocenters. The Bertz CT molecular complexity index is 1040. The molecule has 3 heterocycles. The van der Waals surface area contributed by atoms with Crippen LogP contribution in [0.5, 0.6) is 5.75 Å². The number of hydrogen-bond acceptors (Lipinski definition) is 3. The van der Waals surface area contributed by atoms with Gasteiger partial charge in [0.15, 0.2) is 0 Å². The molecule has 144 valence electrons. The number of benzene rings is 2. The van der Waals surface area contributed by atoms with E-state index < -0.39 is 0 Å². The van der Waals surface area contributed by atoms with E-state index in [9.17, 15) is 4.79 Å². The summed E-state index contributed by atoms with van der Waals surface area (Å²) in [7, 11) is 0. The second kappa shape index (κ2) is 6.89. The zero-order chi connectivity index (χ0) is 19.1. The Hall–Kier alpha value is -2.95. The van der Waals surface area contributed by atoms with Crippen molar-refractivity contribution < 1.29 is 14.3 Å². The molecule has 2 aliphatic heterocycles. The van der Waals surface area contributed by atoms with Gasteiger partial charge in [-0.15, -0.1) is 0 Å². The van der Waals surface area contributed by atoms with Crippen molar-refractivity contribution in [1.82, 2.24) is 9.47 Å². The molecule has 2 aromatic carbocycles. The molecule has 0 aliphatic carbocycles. The number of carbonyl (C=O) groups is 1. The lowest BCUT2D eigenvalue weighted by Gasteiger charge is -2.22. The number of rotatable bonds is 2. The molecular weight excluding hydrogens is 352 g/mol. The van der Waals surface area contributed by atoms with Crippen molar-refractivity contribution in [2.24, 2.45) is 0 Å². The topological polar surface area (TPSA) is 43.7 Å². The minimum atomic E-state index is -0.224. The van der Waals surface area contributed by atoms with Crippen molar-refractivity contribution in [1.29, 1.82) is 0 Å². The first-order chi connectivity index (χ1) is 13.7. The fraction of sp³-hybridized carbons (Fsp3) is 0.348. The molecule has 5 nitrogen and oxygen atoms in total. The van der Waals surface area contributed by atoms with E-state index >= 15 is 0 Å². The number of carbonyl (C=O) groups excluding carboxylic acids is 1. The summed E-state index contributed by atoms with van der Waals surface area (Å²) < 4.78 is 13.9. The van der Waals surface area contributed by atoms with Crippen molar-refractivity contribution in [2.75, 3.05) is 19.7 Å². The summed E-state index contributed by atoms with van der Waals surface area (Å²) in [6, 6.07) is 14.1. The van der Waals surface area contributed by atoms with Crippen LogP contribution in [0.2, 0.25) is 0 Å². The molecule has 0 spiro atoms. The van der Waals surface area contributed by atoms with Crippen LogP contribution in [0.25, 0.3) is 10.9 Å². The van der Waals surface area contributed by atoms with Crippen LogP contribution in [-0.4, -0.2) is 35.3 Å². The van der Waals surface area contributed by atoms with Gasteiger partial charge in [0.05, 0.1) is 12.1 Å². The van der Waals surface area contributed by atoms with Gasteiger partial charge in [0.2, 0.25) is 0 Å². The number of aryl methyl sites for hydroxylation is 1. The highest BCUT2D eigenvalue weighted by Gasteiger charge is 2.28. The number of nitrogens with zero attached hydrogens (tertiary/aromatic N) is 2. The molecule has 5 heteroatoms. The predicted octanol–water partition coefficient (Wildman–Crippen LogP) is 4.08. The smallest absolute Gasteiger partial charge is 0.410 e. The van der Waals surface area contributed by atoms with E-state index in [0.29, 0.717) is 26.3 Å². The average molecular weight is 376 g/mol. The summed E-state index contributed by atoms with van der Waals surface area (Å²) in [6.07, 6.45) is 1.48. The van der Waals surface area contributed by atoms with Gasteiger partial charge in [-0.2, -0.15) is 0 Å². The molecule has 1 amide bonds. The fourth-order valence-corrected chi connectivity index (χ4v) is 4.52. The Labute approximate surface area is 164 Å². The first kappa shape index (κ1) is 17.2. The van der Waals surface area contributed by atoms with E-state index in [0.717, 1.165) is 30.7 Å². The lowest BCUT2D eigenvalue weighted by molar-refractivity contribution is 0.0976. The highest BCUT2D eigenvalue weighted by atomic mass is 16.6. The van der Waals surface area contributed by atoms with Crippen LogP contribution in [0.4, 0.5) is 4.79 Å². The standard InChI is InChI=1S/C23H24N2O3/c1-16-7-8-20-22-21(16)18-9-11-24(12-10-19(18)25(22)13-14-27-20)23(26)28-15-17-5-3-2-4-6-17/h2-8H,9-15H2,1H3. The highest BCUT2D eigenvalue weighted by Crippen LogP contribution is 2.38. The Balaban J connectivity index is 1.38. The molecule has 1 aromatic heterocycles. The summed E-state index contributed by atoms with van der Waals surface area (Å²) in [5.74, 6) is 0.985. The van der Waals surface area contributed by atoms with Crippen LogP contribution in [-0.2, 0) is 30.7 Å². The van der Waals surface area contributed by atoms with E-state index in [1.54, 1.807) is 0 Å². The third kappa shape index (κ3) is 2.82. The number of amides is 1. The average Bonchev–Trinajstić information content (AvgIpc) is 2.90. The Kier molecular flexibility index (Phi) is 4.23. The number of fused-ring (bicyclic) bond motifs is 3. The fourth-order valence-electron chi connectivity index (χ4n) is 4.52. The van der Waals surface area contributed by atoms with E-state index in [1.165, 1.54) is 27.7 Å². The third-order valence-electron chi connectivity index (χ3n) is 5.88. The molecular formula is C23H24N2O3. The van der Waals surface area contributed by atoms with Crippen LogP contribution >= 0.6 is 0 Å². The summed E-state index contributed by atoms with van der Waals surface area (Å²) in [4.78, 5) is 14.5. The molecule has 2 aliphatic rings. The molecule has 3 aromatic rings. The second-order valence-electron chi connectivity index (χ2n) is 7.56. The van der Waals surface area contributed by atoms with Crippen molar-refractivity contribution in [2.45, 2.75) is 32.9 Å². The van der Waals surface area contributed by atoms with E-state index in [-0.39, 0.29) is 6.09 Å². The van der Waals surface area contributed by atoms with Crippen LogP contribution in [0, 0.1) is 6.92 Å². The Morgan fingerprint density at radius 1 is 1.07 bits per heavy atom. The first-order valence-electron chi connectivity index (χ1n) is 9.94. The zero-order valence-corrected chi connectivity index (χ0v) is 16.1. The predicted molar refractivity (Wildman–Crippen MR) is 108 cm³/mol. The third-order valence-corrected chi connectivity index (χ3v) is 5.88. The van der Waals surface area contributed by atoms with Gasteiger partial charge in [-0.3, -0.25) is 0 Å². The maximum Gasteiger partial charge on any atom is 0.410 e. The molecule has 0 saturated carbocycles. The van der Waals surface area contributed by atoms with Gasteiger partial charge < -0.3 is 18.9 Å². The summed E-state index contributed by atoms with van der Waals surface area (Å²) in [6.45, 7) is 5.43. The van der Waals surface area contributed by atoms with Gasteiger partial charge >= 0.3 is 6.09 Å². The lowest BCUT2D eigenvalue weighted by atomic mass is 10.0. The van der Waals surface area contributed by atoms with Crippen molar-refractivity contribution >= 4 is 17.0 Å². The summed E-state index contributed by atoms with van der Waals surface area (Å²) in [5.41, 5.74) is 6.25. The minimum Gasteiger partial charge on any atom is -0.490 e. The quantitative estimate of drug-likeness (QED) is 0.677. The lowest BCUT2D eigenvalue weighted by Crippen LogP contribution is -2.34. The van der Waals surface area contributed by atoms with E-state index in [2.05, 4.69) is 23.6 Å². The zero-order valence-electron chi connectivity index (χ0n) is 16.1. The SMILES string of the molecule is Cc1ccc2c3c1c1c(n3CCO2)CCN(C(=O)OCc2ccccc2)CC1. The second-order valence-corrected chi connectivity index (χ2v) is 7.56. The molecule has 0 N–H and O–H groups in total. The molecule has 28 heavy (non-hydrogen) atoms. The Morgan fingerprint density at radius 2 is 1.89 bits per heavy atom. The van der Waals surface area contributed by atoms with Crippen molar-refractivity contribution in [3.8, 4) is 5.75 Å². The van der Waals surface area contributed by atoms with Crippen LogP contribution in [0.1, 0.15) is 22.4 Å². The maximum absolute atomic E-state index is 12.6. The summed E-state index contributed by atoms with van der Waals surface area (Å²) >= 11 is 0. The van der Waals surface area contributed by atoms with Gasteiger partial charge in [-0.05, 0) is 36.1 Å². The van der Waals surface area contributed by atoms with E-state index in [4.69, 9.17) is 9.47 Å². The molecule has 0 saturated heterocycles. The van der Waals surface area contributed by atoms with Gasteiger partial charge in [-0.25, -0.2) is 4.79 Å². The molecule has 0 bridgehead atoms. The van der Waals surface area contributed by atoms with Crippen LogP contribution < -0.4 is 4.74 Å². The normalized spacial score (nSPS) is 15.7. The maximum atomic E-state index is 12.6. The Morgan fingerprint density at radius 3 is 2.75 bits per heavy atom. The van der Waals surface area contributed by atoms with Gasteiger partial charge in [0.1, 0.15) is 19.0 Å². The minimum absolute atomic E-state index is 0.224. The number of aromatic nitrogens is 1. The molecule has 0 fully saturated rings. The van der Waals surface area contributed by atoms with E-state index in [1.807, 2.05) is 35.2 Å². The monoisotopic (exact) mass is 376 g/mol. The van der Waals surface area contributed by atoms with Crippen LogP contribution in [0.15, 0.2) is 42.5 Å². The molecule has 5 rings (SSSR count). The van der Waals surface area contributed by atoms with Gasteiger partial charge in [-0.1, -0.05) is 36.4 Å². The van der Waals surface area contributed by atoms with Gasteiger partial charge in [0.25, 0.3) is 0 Å². The largest absolute Gasteiger partial charge is 0.490 e. The van der Waals surface area contributed by atoms with Crippen molar-refractivity contribution in [3.05, 3.63) is 64.8 Å². The number of ether oxygens (including phenoxy) is 2. The van der Waals surface area contributed by atoms with Gasteiger partial charge in [0, 0.05) is 30.6 Å².